The van der Waals surface area contributed by atoms with Crippen LogP contribution in [0.5, 0.6) is 0 Å². The molecule has 16 heavy (non-hydrogen) atoms. The summed E-state index contributed by atoms with van der Waals surface area (Å²) >= 11 is 11.3. The number of aryl methyl sites for hydroxylation is 2. The van der Waals surface area contributed by atoms with Crippen molar-refractivity contribution in [3.05, 3.63) is 29.3 Å². The fourth-order valence-electron chi connectivity index (χ4n) is 1.06. The van der Waals surface area contributed by atoms with Crippen molar-refractivity contribution in [2.45, 2.75) is 21.7 Å². The second kappa shape index (κ2) is 4.94. The fourth-order valence-corrected chi connectivity index (χ4v) is 3.81. The topological polar surface area (TPSA) is 34.1 Å². The maximum absolute atomic E-state index is 12.0. The van der Waals surface area contributed by atoms with Crippen molar-refractivity contribution in [2.24, 2.45) is 0 Å². The van der Waals surface area contributed by atoms with Crippen LogP contribution in [0.4, 0.5) is 0 Å². The summed E-state index contributed by atoms with van der Waals surface area (Å²) in [5.74, 6) is 0. The van der Waals surface area contributed by atoms with Gasteiger partial charge in [-0.3, -0.25) is 0 Å². The van der Waals surface area contributed by atoms with E-state index in [-0.39, 0.29) is 4.90 Å². The van der Waals surface area contributed by atoms with Gasteiger partial charge < -0.3 is 0 Å². The molecule has 0 spiro atoms. The molecule has 0 aliphatic carbocycles. The van der Waals surface area contributed by atoms with E-state index in [1.807, 2.05) is 13.8 Å². The summed E-state index contributed by atoms with van der Waals surface area (Å²) < 4.78 is 21.9. The molecule has 0 bridgehead atoms. The quantitative estimate of drug-likeness (QED) is 0.788. The van der Waals surface area contributed by atoms with Gasteiger partial charge in [0, 0.05) is 11.0 Å². The van der Waals surface area contributed by atoms with Crippen LogP contribution in [0.25, 0.3) is 0 Å². The van der Waals surface area contributed by atoms with Crippen LogP contribution >= 0.6 is 44.9 Å². The van der Waals surface area contributed by atoms with Crippen molar-refractivity contribution >= 4 is 54.7 Å². The van der Waals surface area contributed by atoms with Crippen molar-refractivity contribution in [1.82, 2.24) is 0 Å². The molecule has 0 unspecified atom stereocenters. The van der Waals surface area contributed by atoms with E-state index in [1.165, 1.54) is 12.1 Å². The Kier molecular flexibility index (Phi) is 4.46. The zero-order chi connectivity index (χ0) is 12.6. The molecule has 0 fully saturated rings. The number of halogens is 3. The van der Waals surface area contributed by atoms with Gasteiger partial charge in [0.25, 0.3) is 3.00 Å². The SMILES string of the molecule is Cc1ccc(S(=O)(=O)C(Cl)(Cl)SCl)cc1C. The number of hydrogen-bond acceptors (Lipinski definition) is 3. The molecular formula is C9H9Cl3O2S2. The molecule has 2 nitrogen and oxygen atoms in total. The highest BCUT2D eigenvalue weighted by Gasteiger charge is 2.42. The molecule has 1 rings (SSSR count). The first kappa shape index (κ1) is 14.5. The Balaban J connectivity index is 3.34. The lowest BCUT2D eigenvalue weighted by Gasteiger charge is -2.16. The molecule has 0 saturated heterocycles. The Hall–Kier alpha value is 0.390. The highest BCUT2D eigenvalue weighted by molar-refractivity contribution is 8.31. The molecule has 0 aliphatic heterocycles. The zero-order valence-electron chi connectivity index (χ0n) is 8.50. The Morgan fingerprint density at radius 3 is 2.19 bits per heavy atom. The van der Waals surface area contributed by atoms with E-state index in [1.54, 1.807) is 6.07 Å². The van der Waals surface area contributed by atoms with E-state index >= 15 is 0 Å². The van der Waals surface area contributed by atoms with Gasteiger partial charge in [-0.15, -0.1) is 0 Å². The summed E-state index contributed by atoms with van der Waals surface area (Å²) in [4.78, 5) is 0.0637. The van der Waals surface area contributed by atoms with E-state index in [2.05, 4.69) is 0 Å². The van der Waals surface area contributed by atoms with Gasteiger partial charge >= 0.3 is 0 Å². The smallest absolute Gasteiger partial charge is 0.220 e. The van der Waals surface area contributed by atoms with Gasteiger partial charge in [0.15, 0.2) is 0 Å². The van der Waals surface area contributed by atoms with Crippen molar-refractivity contribution in [1.29, 1.82) is 0 Å². The highest BCUT2D eigenvalue weighted by atomic mass is 35.7. The molecule has 0 atom stereocenters. The summed E-state index contributed by atoms with van der Waals surface area (Å²) in [5, 5.41) is 0. The lowest BCUT2D eigenvalue weighted by atomic mass is 10.1. The summed E-state index contributed by atoms with van der Waals surface area (Å²) in [6.07, 6.45) is 0. The molecule has 0 heterocycles. The lowest BCUT2D eigenvalue weighted by molar-refractivity contribution is 0.597. The largest absolute Gasteiger partial charge is 0.282 e. The van der Waals surface area contributed by atoms with Gasteiger partial charge in [-0.05, 0) is 47.8 Å². The monoisotopic (exact) mass is 318 g/mol. The minimum Gasteiger partial charge on any atom is -0.220 e. The molecular weight excluding hydrogens is 311 g/mol. The second-order valence-corrected chi connectivity index (χ2v) is 9.09. The molecule has 0 aliphatic rings. The average Bonchev–Trinajstić information content (AvgIpc) is 2.21. The number of alkyl halides is 2. The first-order valence-corrected chi connectivity index (χ1v) is 8.10. The molecule has 0 aromatic heterocycles. The van der Waals surface area contributed by atoms with Crippen LogP contribution < -0.4 is 0 Å². The van der Waals surface area contributed by atoms with Gasteiger partial charge in [-0.2, -0.15) is 0 Å². The van der Waals surface area contributed by atoms with E-state index in [4.69, 9.17) is 33.9 Å². The number of rotatable bonds is 3. The number of hydrogen-bond donors (Lipinski definition) is 0. The Morgan fingerprint density at radius 1 is 1.19 bits per heavy atom. The molecule has 0 amide bonds. The van der Waals surface area contributed by atoms with E-state index < -0.39 is 12.8 Å². The maximum Gasteiger partial charge on any atom is 0.282 e. The summed E-state index contributed by atoms with van der Waals surface area (Å²) in [6, 6.07) is 4.69. The van der Waals surface area contributed by atoms with E-state index in [0.29, 0.717) is 11.0 Å². The number of sulfone groups is 1. The van der Waals surface area contributed by atoms with Crippen molar-refractivity contribution < 1.29 is 8.42 Å². The van der Waals surface area contributed by atoms with Gasteiger partial charge in [0.1, 0.15) is 0 Å². The molecule has 7 heteroatoms. The normalized spacial score (nSPS) is 12.8. The summed E-state index contributed by atoms with van der Waals surface area (Å²) in [5.41, 5.74) is 1.84. The third kappa shape index (κ3) is 2.62. The highest BCUT2D eigenvalue weighted by Crippen LogP contribution is 2.45. The Morgan fingerprint density at radius 2 is 1.75 bits per heavy atom. The fraction of sp³-hybridized carbons (Fsp3) is 0.333. The van der Waals surface area contributed by atoms with Gasteiger partial charge in [-0.25, -0.2) is 8.42 Å². The minimum atomic E-state index is -3.87. The van der Waals surface area contributed by atoms with Gasteiger partial charge in [-0.1, -0.05) is 29.3 Å². The second-order valence-electron chi connectivity index (χ2n) is 3.29. The summed E-state index contributed by atoms with van der Waals surface area (Å²) in [6.45, 7) is 3.70. The standard InChI is InChI=1S/C9H9Cl3O2S2/c1-6-3-4-8(5-7(6)2)16(13,14)9(10,11)15-12/h3-5H,1-2H3. The van der Waals surface area contributed by atoms with Crippen LogP contribution in [0, 0.1) is 13.8 Å². The predicted octanol–water partition coefficient (Wildman–Crippen LogP) is 4.05. The first-order valence-electron chi connectivity index (χ1n) is 4.22. The lowest BCUT2D eigenvalue weighted by Crippen LogP contribution is -2.21. The van der Waals surface area contributed by atoms with Crippen molar-refractivity contribution in [3.8, 4) is 0 Å². The zero-order valence-corrected chi connectivity index (χ0v) is 12.4. The first-order chi connectivity index (χ1) is 7.22. The van der Waals surface area contributed by atoms with Crippen molar-refractivity contribution in [2.75, 3.05) is 0 Å². The van der Waals surface area contributed by atoms with Crippen molar-refractivity contribution in [3.63, 3.8) is 0 Å². The predicted molar refractivity (Wildman–Crippen MR) is 71.0 cm³/mol. The van der Waals surface area contributed by atoms with Crippen LogP contribution in [-0.4, -0.2) is 11.4 Å². The van der Waals surface area contributed by atoms with Crippen LogP contribution in [0.1, 0.15) is 11.1 Å². The molecule has 90 valence electrons. The van der Waals surface area contributed by atoms with E-state index in [9.17, 15) is 8.42 Å². The van der Waals surface area contributed by atoms with Gasteiger partial charge in [0.05, 0.1) is 4.90 Å². The van der Waals surface area contributed by atoms with Crippen LogP contribution in [0.3, 0.4) is 0 Å². The maximum atomic E-state index is 12.0. The molecule has 1 aromatic carbocycles. The van der Waals surface area contributed by atoms with Crippen LogP contribution in [-0.2, 0) is 9.84 Å². The molecule has 0 N–H and O–H groups in total. The van der Waals surface area contributed by atoms with Crippen LogP contribution in [0.2, 0.25) is 0 Å². The van der Waals surface area contributed by atoms with Crippen LogP contribution in [0.15, 0.2) is 23.1 Å². The molecule has 0 saturated carbocycles. The molecule has 1 aromatic rings. The number of benzene rings is 1. The third-order valence-electron chi connectivity index (χ3n) is 2.19. The van der Waals surface area contributed by atoms with Gasteiger partial charge in [0.2, 0.25) is 9.84 Å². The Labute approximate surface area is 114 Å². The molecule has 0 radical (unpaired) electrons. The third-order valence-corrected chi connectivity index (χ3v) is 7.90. The van der Waals surface area contributed by atoms with E-state index in [0.717, 1.165) is 11.1 Å². The summed E-state index contributed by atoms with van der Waals surface area (Å²) in [7, 11) is 1.86. The minimum absolute atomic E-state index is 0.0637. The Bertz CT molecular complexity index is 497. The average molecular weight is 320 g/mol.